The summed E-state index contributed by atoms with van der Waals surface area (Å²) in [7, 11) is 0. The molecule has 0 amide bonds. The molecule has 2 nitrogen and oxygen atoms in total. The minimum atomic E-state index is -0.335. The molecule has 0 spiro atoms. The highest BCUT2D eigenvalue weighted by molar-refractivity contribution is 6.30. The molecule has 1 aromatic carbocycles. The molecular formula is C9H6ClNO. The fourth-order valence-corrected chi connectivity index (χ4v) is 1.44. The maximum absolute atomic E-state index is 8.60. The lowest BCUT2D eigenvalue weighted by Gasteiger charge is -1.99. The van der Waals surface area contributed by atoms with E-state index < -0.39 is 0 Å². The third-order valence-electron chi connectivity index (χ3n) is 1.85. The Morgan fingerprint density at radius 2 is 2.42 bits per heavy atom. The monoisotopic (exact) mass is 179 g/mol. The zero-order chi connectivity index (χ0) is 8.55. The van der Waals surface area contributed by atoms with Gasteiger partial charge in [-0.25, -0.2) is 0 Å². The van der Waals surface area contributed by atoms with E-state index in [1.807, 2.05) is 12.1 Å². The van der Waals surface area contributed by atoms with Gasteiger partial charge >= 0.3 is 0 Å². The van der Waals surface area contributed by atoms with E-state index in [1.54, 1.807) is 6.07 Å². The molecule has 1 aromatic rings. The summed E-state index contributed by atoms with van der Waals surface area (Å²) in [6.07, 6.45) is 0.335. The van der Waals surface area contributed by atoms with Gasteiger partial charge in [0.2, 0.25) is 0 Å². The summed E-state index contributed by atoms with van der Waals surface area (Å²) in [6.45, 7) is 0. The van der Waals surface area contributed by atoms with Crippen molar-refractivity contribution in [2.75, 3.05) is 0 Å². The predicted octanol–water partition coefficient (Wildman–Crippen LogP) is 2.17. The lowest BCUT2D eigenvalue weighted by Crippen LogP contribution is -2.08. The Labute approximate surface area is 75.3 Å². The zero-order valence-corrected chi connectivity index (χ0v) is 7.01. The number of benzene rings is 1. The Morgan fingerprint density at radius 1 is 1.58 bits per heavy atom. The third kappa shape index (κ3) is 1.13. The van der Waals surface area contributed by atoms with Crippen LogP contribution in [0.2, 0.25) is 5.02 Å². The molecule has 1 heterocycles. The van der Waals surface area contributed by atoms with Crippen LogP contribution in [0.3, 0.4) is 0 Å². The first kappa shape index (κ1) is 7.45. The zero-order valence-electron chi connectivity index (χ0n) is 6.25. The molecule has 1 aliphatic heterocycles. The Bertz CT molecular complexity index is 356. The van der Waals surface area contributed by atoms with Crippen LogP contribution in [0.4, 0.5) is 0 Å². The molecule has 1 unspecified atom stereocenters. The average molecular weight is 180 g/mol. The lowest BCUT2D eigenvalue weighted by atomic mass is 10.1. The molecule has 0 aliphatic carbocycles. The van der Waals surface area contributed by atoms with Gasteiger partial charge in [-0.1, -0.05) is 17.7 Å². The molecule has 0 saturated heterocycles. The van der Waals surface area contributed by atoms with Gasteiger partial charge < -0.3 is 4.74 Å². The molecule has 3 heteroatoms. The van der Waals surface area contributed by atoms with Gasteiger partial charge in [-0.2, -0.15) is 5.26 Å². The molecule has 0 bridgehead atoms. The SMILES string of the molecule is N#CC1Cc2ccc(Cl)cc2O1. The predicted molar refractivity (Wildman–Crippen MR) is 45.2 cm³/mol. The maximum atomic E-state index is 8.60. The molecule has 2 rings (SSSR count). The van der Waals surface area contributed by atoms with Gasteiger partial charge in [-0.15, -0.1) is 0 Å². The molecule has 0 N–H and O–H groups in total. The van der Waals surface area contributed by atoms with Crippen LogP contribution < -0.4 is 4.74 Å². The molecule has 0 aromatic heterocycles. The molecule has 12 heavy (non-hydrogen) atoms. The summed E-state index contributed by atoms with van der Waals surface area (Å²) in [4.78, 5) is 0. The fourth-order valence-electron chi connectivity index (χ4n) is 1.27. The Kier molecular flexibility index (Phi) is 1.67. The number of rotatable bonds is 0. The van der Waals surface area contributed by atoms with Crippen LogP contribution in [0.25, 0.3) is 0 Å². The van der Waals surface area contributed by atoms with E-state index in [0.717, 1.165) is 11.3 Å². The van der Waals surface area contributed by atoms with Crippen molar-refractivity contribution in [3.63, 3.8) is 0 Å². The van der Waals surface area contributed by atoms with Gasteiger partial charge in [0.25, 0.3) is 0 Å². The summed E-state index contributed by atoms with van der Waals surface area (Å²) in [6, 6.07) is 7.52. The van der Waals surface area contributed by atoms with Crippen molar-refractivity contribution in [1.29, 1.82) is 5.26 Å². The van der Waals surface area contributed by atoms with Gasteiger partial charge in [-0.05, 0) is 17.7 Å². The third-order valence-corrected chi connectivity index (χ3v) is 2.08. The molecular weight excluding hydrogens is 174 g/mol. The van der Waals surface area contributed by atoms with E-state index in [-0.39, 0.29) is 6.10 Å². The molecule has 0 fully saturated rings. The first-order valence-corrected chi connectivity index (χ1v) is 4.02. The summed E-state index contributed by atoms with van der Waals surface area (Å²) in [5, 5.41) is 9.25. The number of nitrogens with zero attached hydrogens (tertiary/aromatic N) is 1. The van der Waals surface area contributed by atoms with Crippen molar-refractivity contribution in [1.82, 2.24) is 0 Å². The van der Waals surface area contributed by atoms with Gasteiger partial charge in [0.1, 0.15) is 11.8 Å². The van der Waals surface area contributed by atoms with Gasteiger partial charge in [0.15, 0.2) is 6.10 Å². The topological polar surface area (TPSA) is 33.0 Å². The Balaban J connectivity index is 2.37. The maximum Gasteiger partial charge on any atom is 0.188 e. The standard InChI is InChI=1S/C9H6ClNO/c10-7-2-1-6-3-8(5-11)12-9(6)4-7/h1-2,4,8H,3H2. The number of fused-ring (bicyclic) bond motifs is 1. The summed E-state index contributed by atoms with van der Waals surface area (Å²) >= 11 is 5.75. The minimum absolute atomic E-state index is 0.335. The molecule has 0 saturated carbocycles. The van der Waals surface area contributed by atoms with E-state index in [9.17, 15) is 0 Å². The number of ether oxygens (including phenoxy) is 1. The summed E-state index contributed by atoms with van der Waals surface area (Å²) in [5.74, 6) is 0.744. The normalized spacial score (nSPS) is 19.5. The second-order valence-electron chi connectivity index (χ2n) is 2.69. The minimum Gasteiger partial charge on any atom is -0.475 e. The second kappa shape index (κ2) is 2.69. The van der Waals surface area contributed by atoms with Crippen LogP contribution in [0.5, 0.6) is 5.75 Å². The van der Waals surface area contributed by atoms with Crippen LogP contribution >= 0.6 is 11.6 Å². The second-order valence-corrected chi connectivity index (χ2v) is 3.13. The van der Waals surface area contributed by atoms with E-state index >= 15 is 0 Å². The Morgan fingerprint density at radius 3 is 3.17 bits per heavy atom. The van der Waals surface area contributed by atoms with Gasteiger partial charge in [-0.3, -0.25) is 0 Å². The first-order valence-electron chi connectivity index (χ1n) is 3.64. The van der Waals surface area contributed by atoms with E-state index in [1.165, 1.54) is 0 Å². The highest BCUT2D eigenvalue weighted by Gasteiger charge is 2.21. The average Bonchev–Trinajstić information content (AvgIpc) is 2.46. The van der Waals surface area contributed by atoms with Gasteiger partial charge in [0, 0.05) is 11.4 Å². The number of halogens is 1. The van der Waals surface area contributed by atoms with Crippen LogP contribution in [-0.2, 0) is 6.42 Å². The van der Waals surface area contributed by atoms with Crippen molar-refractivity contribution in [3.05, 3.63) is 28.8 Å². The van der Waals surface area contributed by atoms with Crippen LogP contribution in [0, 0.1) is 11.3 Å². The van der Waals surface area contributed by atoms with Gasteiger partial charge in [0.05, 0.1) is 0 Å². The van der Waals surface area contributed by atoms with Crippen LogP contribution in [0.15, 0.2) is 18.2 Å². The summed E-state index contributed by atoms with van der Waals surface area (Å²) < 4.78 is 5.29. The number of hydrogen-bond donors (Lipinski definition) is 0. The number of nitriles is 1. The van der Waals surface area contributed by atoms with Crippen LogP contribution in [0.1, 0.15) is 5.56 Å². The van der Waals surface area contributed by atoms with Crippen molar-refractivity contribution in [2.24, 2.45) is 0 Å². The smallest absolute Gasteiger partial charge is 0.188 e. The van der Waals surface area contributed by atoms with Crippen LogP contribution in [-0.4, -0.2) is 6.10 Å². The quantitative estimate of drug-likeness (QED) is 0.612. The van der Waals surface area contributed by atoms with Crippen molar-refractivity contribution >= 4 is 11.6 Å². The van der Waals surface area contributed by atoms with Crippen molar-refractivity contribution < 1.29 is 4.74 Å². The van der Waals surface area contributed by atoms with Crippen molar-refractivity contribution in [3.8, 4) is 11.8 Å². The molecule has 0 radical (unpaired) electrons. The highest BCUT2D eigenvalue weighted by atomic mass is 35.5. The Hall–Kier alpha value is -1.20. The summed E-state index contributed by atoms with van der Waals surface area (Å²) in [5.41, 5.74) is 1.06. The van der Waals surface area contributed by atoms with E-state index in [2.05, 4.69) is 6.07 Å². The van der Waals surface area contributed by atoms with E-state index in [4.69, 9.17) is 21.6 Å². The fraction of sp³-hybridized carbons (Fsp3) is 0.222. The molecule has 60 valence electrons. The van der Waals surface area contributed by atoms with Crippen molar-refractivity contribution in [2.45, 2.75) is 12.5 Å². The van der Waals surface area contributed by atoms with E-state index in [0.29, 0.717) is 11.4 Å². The molecule has 1 aliphatic rings. The highest BCUT2D eigenvalue weighted by Crippen LogP contribution is 2.30. The largest absolute Gasteiger partial charge is 0.475 e. The first-order chi connectivity index (χ1) is 5.79. The molecule has 1 atom stereocenters. The number of hydrogen-bond acceptors (Lipinski definition) is 2. The lowest BCUT2D eigenvalue weighted by molar-refractivity contribution is 0.290.